The van der Waals surface area contributed by atoms with Crippen LogP contribution in [0.25, 0.3) is 0 Å². The number of nitrogens with one attached hydrogen (secondary N) is 4. The van der Waals surface area contributed by atoms with Crippen molar-refractivity contribution < 1.29 is 29.1 Å². The molecule has 9 N–H and O–H groups in total. The summed E-state index contributed by atoms with van der Waals surface area (Å²) in [5.41, 5.74) is 11.5. The van der Waals surface area contributed by atoms with Crippen LogP contribution in [0.5, 0.6) is 0 Å². The highest BCUT2D eigenvalue weighted by Gasteiger charge is 2.32. The van der Waals surface area contributed by atoms with Crippen LogP contribution < -0.4 is 27.4 Å². The number of aliphatic carboxylic acids is 1. The van der Waals surface area contributed by atoms with Gasteiger partial charge < -0.3 is 37.5 Å². The summed E-state index contributed by atoms with van der Waals surface area (Å²) < 4.78 is 0. The Kier molecular flexibility index (Phi) is 13.5. The van der Waals surface area contributed by atoms with Gasteiger partial charge in [0.1, 0.15) is 18.1 Å². The molecule has 1 rings (SSSR count). The van der Waals surface area contributed by atoms with Gasteiger partial charge in [0.05, 0.1) is 12.4 Å². The van der Waals surface area contributed by atoms with Gasteiger partial charge in [0.25, 0.3) is 0 Å². The normalized spacial score (nSPS) is 15.1. The molecule has 0 radical (unpaired) electrons. The predicted octanol–water partition coefficient (Wildman–Crippen LogP) is -1.12. The zero-order chi connectivity index (χ0) is 27.3. The third-order valence-electron chi connectivity index (χ3n) is 5.67. The molecule has 0 fully saturated rings. The summed E-state index contributed by atoms with van der Waals surface area (Å²) in [6, 6.07) is -4.29. The van der Waals surface area contributed by atoms with Crippen molar-refractivity contribution in [3.05, 3.63) is 18.2 Å². The number of carboxylic acids is 1. The standard InChI is InChI=1S/C22H37N7O6S/c1-4-12(2)18(29-19(31)14(23)5-6-17(24)30)21(33)27-15(7-8-36-3)20(32)28-16(22(34)35)9-13-10-25-11-26-13/h10-12,14-16,18H,4-9,23H2,1-3H3,(H2,24,30)(H,25,26)(H,27,33)(H,28,32)(H,29,31)(H,34,35). The number of amides is 4. The molecular formula is C22H37N7O6S. The summed E-state index contributed by atoms with van der Waals surface area (Å²) in [5.74, 6) is -3.47. The molecule has 0 aliphatic rings. The maximum atomic E-state index is 13.2. The average Bonchev–Trinajstić information content (AvgIpc) is 3.35. The zero-order valence-corrected chi connectivity index (χ0v) is 21.6. The summed E-state index contributed by atoms with van der Waals surface area (Å²) in [6.45, 7) is 3.61. The average molecular weight is 528 g/mol. The second-order valence-electron chi connectivity index (χ2n) is 8.51. The van der Waals surface area contributed by atoms with E-state index in [4.69, 9.17) is 11.5 Å². The molecule has 0 bridgehead atoms. The van der Waals surface area contributed by atoms with E-state index >= 15 is 0 Å². The van der Waals surface area contributed by atoms with Crippen LogP contribution in [0.3, 0.4) is 0 Å². The van der Waals surface area contributed by atoms with Gasteiger partial charge in [-0.1, -0.05) is 20.3 Å². The number of carbonyl (C=O) groups excluding carboxylic acids is 4. The van der Waals surface area contributed by atoms with E-state index in [1.54, 1.807) is 6.92 Å². The Balaban J connectivity index is 2.96. The Hall–Kier alpha value is -3.13. The molecule has 13 nitrogen and oxygen atoms in total. The fourth-order valence-electron chi connectivity index (χ4n) is 3.25. The second-order valence-corrected chi connectivity index (χ2v) is 9.49. The number of aromatic nitrogens is 2. The van der Waals surface area contributed by atoms with Crippen LogP contribution in [0.4, 0.5) is 0 Å². The van der Waals surface area contributed by atoms with Crippen molar-refractivity contribution in [1.29, 1.82) is 0 Å². The molecule has 0 aromatic carbocycles. The Morgan fingerprint density at radius 2 is 1.75 bits per heavy atom. The Morgan fingerprint density at radius 1 is 1.08 bits per heavy atom. The van der Waals surface area contributed by atoms with E-state index in [9.17, 15) is 29.1 Å². The van der Waals surface area contributed by atoms with Gasteiger partial charge in [0, 0.05) is 24.7 Å². The number of aromatic amines is 1. The van der Waals surface area contributed by atoms with Crippen molar-refractivity contribution >= 4 is 41.4 Å². The fraction of sp³-hybridized carbons (Fsp3) is 0.636. The highest BCUT2D eigenvalue weighted by atomic mass is 32.2. The lowest BCUT2D eigenvalue weighted by atomic mass is 9.97. The maximum absolute atomic E-state index is 13.2. The minimum Gasteiger partial charge on any atom is -0.480 e. The quantitative estimate of drug-likeness (QED) is 0.130. The van der Waals surface area contributed by atoms with Gasteiger partial charge in [-0.15, -0.1) is 0 Å². The van der Waals surface area contributed by atoms with Crippen LogP contribution in [0, 0.1) is 5.92 Å². The summed E-state index contributed by atoms with van der Waals surface area (Å²) in [4.78, 5) is 68.0. The van der Waals surface area contributed by atoms with Gasteiger partial charge in [-0.05, 0) is 30.8 Å². The summed E-state index contributed by atoms with van der Waals surface area (Å²) in [7, 11) is 0. The molecule has 5 atom stereocenters. The van der Waals surface area contributed by atoms with Gasteiger partial charge in [-0.2, -0.15) is 11.8 Å². The van der Waals surface area contributed by atoms with Crippen molar-refractivity contribution in [3.8, 4) is 0 Å². The van der Waals surface area contributed by atoms with Crippen molar-refractivity contribution in [2.45, 2.75) is 70.1 Å². The molecular weight excluding hydrogens is 490 g/mol. The predicted molar refractivity (Wildman–Crippen MR) is 135 cm³/mol. The molecule has 5 unspecified atom stereocenters. The highest BCUT2D eigenvalue weighted by Crippen LogP contribution is 2.11. The second kappa shape index (κ2) is 15.8. The first kappa shape index (κ1) is 30.9. The van der Waals surface area contributed by atoms with Crippen LogP contribution in [-0.4, -0.2) is 80.8 Å². The minimum atomic E-state index is -1.24. The molecule has 0 saturated carbocycles. The SMILES string of the molecule is CCC(C)C(NC(=O)C(N)CCC(N)=O)C(=O)NC(CCSC)C(=O)NC(Cc1cnc[nH]1)C(=O)O. The van der Waals surface area contributed by atoms with E-state index in [0.29, 0.717) is 17.9 Å². The molecule has 0 saturated heterocycles. The highest BCUT2D eigenvalue weighted by molar-refractivity contribution is 7.98. The Labute approximate surface area is 214 Å². The third-order valence-corrected chi connectivity index (χ3v) is 6.31. The summed E-state index contributed by atoms with van der Waals surface area (Å²) >= 11 is 1.46. The largest absolute Gasteiger partial charge is 0.480 e. The molecule has 1 aromatic heterocycles. The summed E-state index contributed by atoms with van der Waals surface area (Å²) in [6.07, 6.45) is 5.43. The van der Waals surface area contributed by atoms with Gasteiger partial charge in [-0.25, -0.2) is 9.78 Å². The molecule has 0 aliphatic heterocycles. The molecule has 0 spiro atoms. The fourth-order valence-corrected chi connectivity index (χ4v) is 3.72. The lowest BCUT2D eigenvalue weighted by molar-refractivity contribution is -0.142. The van der Waals surface area contributed by atoms with Crippen molar-refractivity contribution in [3.63, 3.8) is 0 Å². The van der Waals surface area contributed by atoms with Crippen LogP contribution in [0.1, 0.15) is 45.2 Å². The van der Waals surface area contributed by atoms with E-state index in [1.807, 2.05) is 13.2 Å². The van der Waals surface area contributed by atoms with E-state index in [0.717, 1.165) is 0 Å². The topological polar surface area (TPSA) is 222 Å². The van der Waals surface area contributed by atoms with E-state index in [-0.39, 0.29) is 31.6 Å². The first-order chi connectivity index (χ1) is 17.0. The molecule has 0 aliphatic carbocycles. The molecule has 14 heteroatoms. The molecule has 4 amide bonds. The number of carbonyl (C=O) groups is 5. The number of nitrogens with two attached hydrogens (primary N) is 2. The first-order valence-electron chi connectivity index (χ1n) is 11.6. The first-order valence-corrected chi connectivity index (χ1v) is 13.0. The van der Waals surface area contributed by atoms with Crippen molar-refractivity contribution in [2.24, 2.45) is 17.4 Å². The van der Waals surface area contributed by atoms with Gasteiger partial charge in [-0.3, -0.25) is 19.2 Å². The van der Waals surface area contributed by atoms with Gasteiger partial charge in [0.2, 0.25) is 23.6 Å². The number of rotatable bonds is 17. The summed E-state index contributed by atoms with van der Waals surface area (Å²) in [5, 5.41) is 17.3. The van der Waals surface area contributed by atoms with Gasteiger partial charge in [0.15, 0.2) is 0 Å². The number of hydrogen-bond acceptors (Lipinski definition) is 8. The van der Waals surface area contributed by atoms with Crippen LogP contribution in [-0.2, 0) is 30.4 Å². The zero-order valence-electron chi connectivity index (χ0n) is 20.8. The Morgan fingerprint density at radius 3 is 2.28 bits per heavy atom. The maximum Gasteiger partial charge on any atom is 0.326 e. The van der Waals surface area contributed by atoms with E-state index in [2.05, 4.69) is 25.9 Å². The minimum absolute atomic E-state index is 0.0149. The van der Waals surface area contributed by atoms with Crippen LogP contribution in [0.15, 0.2) is 12.5 Å². The van der Waals surface area contributed by atoms with Crippen molar-refractivity contribution in [2.75, 3.05) is 12.0 Å². The van der Waals surface area contributed by atoms with E-state index in [1.165, 1.54) is 24.3 Å². The number of imidazole rings is 1. The number of nitrogens with zero attached hydrogens (tertiary/aromatic N) is 1. The smallest absolute Gasteiger partial charge is 0.326 e. The molecule has 1 heterocycles. The number of H-pyrrole nitrogens is 1. The third kappa shape index (κ3) is 10.6. The molecule has 36 heavy (non-hydrogen) atoms. The number of hydrogen-bond donors (Lipinski definition) is 7. The number of primary amides is 1. The molecule has 202 valence electrons. The monoisotopic (exact) mass is 527 g/mol. The molecule has 1 aromatic rings. The van der Waals surface area contributed by atoms with E-state index < -0.39 is 53.8 Å². The van der Waals surface area contributed by atoms with Crippen LogP contribution >= 0.6 is 11.8 Å². The Bertz CT molecular complexity index is 882. The van der Waals surface area contributed by atoms with Gasteiger partial charge >= 0.3 is 5.97 Å². The van der Waals surface area contributed by atoms with Crippen LogP contribution in [0.2, 0.25) is 0 Å². The van der Waals surface area contributed by atoms with Crippen molar-refractivity contribution in [1.82, 2.24) is 25.9 Å². The lowest BCUT2D eigenvalue weighted by Crippen LogP contribution is -2.58. The number of carboxylic acid groups (broad SMARTS) is 1. The lowest BCUT2D eigenvalue weighted by Gasteiger charge is -2.28. The number of thioether (sulfide) groups is 1.